The molecular weight excluding hydrogens is 598 g/mol. The van der Waals surface area contributed by atoms with Gasteiger partial charge in [-0.2, -0.15) is 0 Å². The molecule has 1 saturated heterocycles. The molecule has 1 fully saturated rings. The molecule has 0 unspecified atom stereocenters. The highest BCUT2D eigenvalue weighted by Crippen LogP contribution is 2.42. The molecule has 1 aliphatic rings. The Morgan fingerprint density at radius 1 is 0.762 bits per heavy atom. The van der Waals surface area contributed by atoms with Crippen molar-refractivity contribution in [3.05, 3.63) is 72.8 Å². The average molecular weight is 632 g/mol. The van der Waals surface area contributed by atoms with E-state index in [9.17, 15) is 21.9 Å². The van der Waals surface area contributed by atoms with Crippen molar-refractivity contribution < 1.29 is 31.4 Å². The second kappa shape index (κ2) is 12.9. The zero-order chi connectivity index (χ0) is 29.2. The predicted octanol–water partition coefficient (Wildman–Crippen LogP) is 6.10. The van der Waals surface area contributed by atoms with E-state index in [0.29, 0.717) is 34.6 Å². The van der Waals surface area contributed by atoms with Crippen LogP contribution in [0.1, 0.15) is 19.3 Å². The zero-order valence-electron chi connectivity index (χ0n) is 23.4. The lowest BCUT2D eigenvalue weighted by molar-refractivity contribution is 0.183. The summed E-state index contributed by atoms with van der Waals surface area (Å²) in [6.07, 6.45) is 5.73. The molecule has 0 atom stereocenters. The van der Waals surface area contributed by atoms with Crippen molar-refractivity contribution >= 4 is 42.9 Å². The van der Waals surface area contributed by atoms with Gasteiger partial charge in [0.05, 0.1) is 9.79 Å². The predicted molar refractivity (Wildman–Crippen MR) is 167 cm³/mol. The lowest BCUT2D eigenvalue weighted by atomic mass is 9.99. The number of phenolic OH excluding ortho intramolecular Hbond substituents is 1. The number of hydrogen-bond donors (Lipinski definition) is 1. The molecule has 0 spiro atoms. The van der Waals surface area contributed by atoms with Gasteiger partial charge in [0.2, 0.25) is 0 Å². The maximum atomic E-state index is 12.6. The Labute approximate surface area is 253 Å². The van der Waals surface area contributed by atoms with Gasteiger partial charge in [0, 0.05) is 30.0 Å². The average Bonchev–Trinajstić information content (AvgIpc) is 2.93. The van der Waals surface area contributed by atoms with Gasteiger partial charge in [0.1, 0.15) is 29.6 Å². The second-order valence-corrected chi connectivity index (χ2v) is 14.3. The maximum Gasteiger partial charge on any atom is 0.176 e. The third-order valence-corrected chi connectivity index (χ3v) is 9.60. The van der Waals surface area contributed by atoms with Gasteiger partial charge in [0.15, 0.2) is 19.7 Å². The van der Waals surface area contributed by atoms with Gasteiger partial charge in [-0.15, -0.1) is 12.4 Å². The van der Waals surface area contributed by atoms with Crippen LogP contribution >= 0.6 is 12.4 Å². The number of nitrogens with zero attached hydrogens (tertiary/aromatic N) is 1. The molecule has 1 N–H and O–H groups in total. The van der Waals surface area contributed by atoms with Gasteiger partial charge < -0.3 is 14.6 Å². The van der Waals surface area contributed by atoms with Crippen LogP contribution in [0.5, 0.6) is 23.0 Å². The van der Waals surface area contributed by atoms with Crippen molar-refractivity contribution in [1.29, 1.82) is 0 Å². The first-order chi connectivity index (χ1) is 19.5. The van der Waals surface area contributed by atoms with E-state index in [-0.39, 0.29) is 27.9 Å². The van der Waals surface area contributed by atoms with E-state index in [1.165, 1.54) is 31.4 Å². The SMILES string of the molecule is CS(=O)(=O)c1ccc(-c2ccc3cc(O)ccc3c2Oc2ccc(OCCN3CCCCC3)cc2)cc1S(C)(=O)=O.Cl. The summed E-state index contributed by atoms with van der Waals surface area (Å²) in [4.78, 5) is 1.88. The van der Waals surface area contributed by atoms with Gasteiger partial charge in [-0.1, -0.05) is 18.6 Å². The maximum absolute atomic E-state index is 12.6. The van der Waals surface area contributed by atoms with E-state index in [1.807, 2.05) is 12.1 Å². The molecule has 1 aliphatic heterocycles. The van der Waals surface area contributed by atoms with Crippen LogP contribution in [0.3, 0.4) is 0 Å². The first-order valence-corrected chi connectivity index (χ1v) is 17.2. The van der Waals surface area contributed by atoms with Gasteiger partial charge in [-0.3, -0.25) is 4.90 Å². The molecule has 8 nitrogen and oxygen atoms in total. The molecule has 0 amide bonds. The van der Waals surface area contributed by atoms with Crippen LogP contribution in [-0.2, 0) is 19.7 Å². The number of piperidine rings is 1. The van der Waals surface area contributed by atoms with Crippen LogP contribution in [0.2, 0.25) is 0 Å². The van der Waals surface area contributed by atoms with Gasteiger partial charge in [0.25, 0.3) is 0 Å². The normalized spacial score (nSPS) is 14.3. The third-order valence-electron chi connectivity index (χ3n) is 7.18. The molecule has 0 aromatic heterocycles. The number of benzene rings is 4. The standard InChI is InChI=1S/C31H33NO7S2.ClH/c1-40(34,35)29-15-7-23(21-30(29)41(2,36)37)27-13-6-22-20-24(33)8-14-28(22)31(27)39-26-11-9-25(10-12-26)38-19-18-32-16-4-3-5-17-32;/h6-15,20-21,33H,3-5,16-19H2,1-2H3;1H. The summed E-state index contributed by atoms with van der Waals surface area (Å²) in [5, 5.41) is 11.4. The molecule has 5 rings (SSSR count). The Morgan fingerprint density at radius 2 is 1.43 bits per heavy atom. The lowest BCUT2D eigenvalue weighted by Crippen LogP contribution is -2.33. The minimum absolute atomic E-state index is 0. The lowest BCUT2D eigenvalue weighted by Gasteiger charge is -2.26. The van der Waals surface area contributed by atoms with E-state index in [2.05, 4.69) is 4.90 Å². The van der Waals surface area contributed by atoms with Crippen LogP contribution in [0.15, 0.2) is 82.6 Å². The Kier molecular flexibility index (Phi) is 9.72. The minimum atomic E-state index is -3.86. The number of likely N-dealkylation sites (tertiary alicyclic amines) is 1. The fraction of sp³-hybridized carbons (Fsp3) is 0.290. The summed E-state index contributed by atoms with van der Waals surface area (Å²) in [6, 6.07) is 20.0. The number of phenols is 1. The monoisotopic (exact) mass is 631 g/mol. The molecular formula is C31H34ClNO7S2. The topological polar surface area (TPSA) is 110 Å². The first kappa shape index (κ1) is 31.6. The van der Waals surface area contributed by atoms with Gasteiger partial charge in [-0.25, -0.2) is 16.8 Å². The zero-order valence-corrected chi connectivity index (χ0v) is 25.9. The number of aromatic hydroxyl groups is 1. The number of ether oxygens (including phenoxy) is 2. The minimum Gasteiger partial charge on any atom is -0.508 e. The Morgan fingerprint density at radius 3 is 2.10 bits per heavy atom. The summed E-state index contributed by atoms with van der Waals surface area (Å²) in [7, 11) is -7.64. The Balaban J connectivity index is 0.00000405. The number of hydrogen-bond acceptors (Lipinski definition) is 8. The molecule has 4 aromatic carbocycles. The molecule has 0 radical (unpaired) electrons. The van der Waals surface area contributed by atoms with Gasteiger partial charge >= 0.3 is 0 Å². The Hall–Kier alpha value is -3.31. The quantitative estimate of drug-likeness (QED) is 0.236. The molecule has 0 aliphatic carbocycles. The van der Waals surface area contributed by atoms with Crippen LogP contribution < -0.4 is 9.47 Å². The fourth-order valence-corrected chi connectivity index (χ4v) is 7.52. The third kappa shape index (κ3) is 7.36. The highest BCUT2D eigenvalue weighted by molar-refractivity contribution is 7.93. The highest BCUT2D eigenvalue weighted by Gasteiger charge is 2.23. The molecule has 42 heavy (non-hydrogen) atoms. The van der Waals surface area contributed by atoms with Crippen molar-refractivity contribution in [3.63, 3.8) is 0 Å². The smallest absolute Gasteiger partial charge is 0.176 e. The number of fused-ring (bicyclic) bond motifs is 1. The van der Waals surface area contributed by atoms with Gasteiger partial charge in [-0.05, 0) is 97.5 Å². The van der Waals surface area contributed by atoms with Crippen LogP contribution in [0, 0.1) is 0 Å². The van der Waals surface area contributed by atoms with E-state index in [1.54, 1.807) is 48.5 Å². The molecule has 0 bridgehead atoms. The van der Waals surface area contributed by atoms with E-state index < -0.39 is 19.7 Å². The van der Waals surface area contributed by atoms with Crippen LogP contribution in [-0.4, -0.2) is 65.6 Å². The molecule has 0 saturated carbocycles. The Bertz CT molecular complexity index is 1780. The van der Waals surface area contributed by atoms with E-state index in [0.717, 1.165) is 43.3 Å². The largest absolute Gasteiger partial charge is 0.508 e. The summed E-state index contributed by atoms with van der Waals surface area (Å²) in [6.45, 7) is 3.72. The highest BCUT2D eigenvalue weighted by atomic mass is 35.5. The molecule has 11 heteroatoms. The van der Waals surface area contributed by atoms with Crippen molar-refractivity contribution in [2.45, 2.75) is 29.1 Å². The van der Waals surface area contributed by atoms with Crippen molar-refractivity contribution in [3.8, 4) is 34.1 Å². The number of rotatable bonds is 9. The number of halogens is 1. The van der Waals surface area contributed by atoms with Crippen molar-refractivity contribution in [2.24, 2.45) is 0 Å². The van der Waals surface area contributed by atoms with Crippen LogP contribution in [0.25, 0.3) is 21.9 Å². The molecule has 1 heterocycles. The van der Waals surface area contributed by atoms with E-state index >= 15 is 0 Å². The number of sulfone groups is 2. The summed E-state index contributed by atoms with van der Waals surface area (Å²) >= 11 is 0. The fourth-order valence-electron chi connectivity index (χ4n) is 5.10. The molecule has 224 valence electrons. The van der Waals surface area contributed by atoms with Crippen molar-refractivity contribution in [2.75, 3.05) is 38.8 Å². The summed E-state index contributed by atoms with van der Waals surface area (Å²) < 4.78 is 62.1. The second-order valence-electron chi connectivity index (χ2n) is 10.4. The van der Waals surface area contributed by atoms with Crippen LogP contribution in [0.4, 0.5) is 0 Å². The molecule has 4 aromatic rings. The van der Waals surface area contributed by atoms with E-state index in [4.69, 9.17) is 9.47 Å². The van der Waals surface area contributed by atoms with Crippen molar-refractivity contribution in [1.82, 2.24) is 4.90 Å². The summed E-state index contributed by atoms with van der Waals surface area (Å²) in [5.41, 5.74) is 1.04. The summed E-state index contributed by atoms with van der Waals surface area (Å²) in [5.74, 6) is 1.80. The first-order valence-electron chi connectivity index (χ1n) is 13.4.